The van der Waals surface area contributed by atoms with Gasteiger partial charge in [0.15, 0.2) is 15.5 Å². The smallest absolute Gasteiger partial charge is 0.492 e. The number of carboxylic acid groups (broad SMARTS) is 1. The fourth-order valence-electron chi connectivity index (χ4n) is 8.82. The first-order valence-electron chi connectivity index (χ1n) is 31.1. The van der Waals surface area contributed by atoms with Gasteiger partial charge in [0.1, 0.15) is 64.2 Å². The fraction of sp³-hybridized carbons (Fsp3) is 0.426. The first kappa shape index (κ1) is 92.1. The van der Waals surface area contributed by atoms with Gasteiger partial charge in [0.05, 0.1) is 101 Å². The number of carboxylic acids is 1. The molecule has 3 aromatic heterocycles. The Bertz CT molecular complexity index is 3590. The van der Waals surface area contributed by atoms with E-state index in [2.05, 4.69) is 30.6 Å². The van der Waals surface area contributed by atoms with Crippen molar-refractivity contribution >= 4 is 72.9 Å². The molecule has 3 unspecified atom stereocenters. The van der Waals surface area contributed by atoms with Gasteiger partial charge in [-0.3, -0.25) is 14.4 Å². The first-order valence-corrected chi connectivity index (χ1v) is 32.2. The number of hydrogen-bond acceptors (Lipinski definition) is 21. The van der Waals surface area contributed by atoms with E-state index in [0.29, 0.717) is 98.8 Å². The number of nitrogens with zero attached hydrogens (tertiary/aromatic N) is 6. The molecule has 7 aromatic rings. The maximum atomic E-state index is 14.0. The number of aliphatic carboxylic acids is 1. The molecule has 3 atom stereocenters. The molecule has 4 aromatic carbocycles. The zero-order chi connectivity index (χ0) is 73.1. The van der Waals surface area contributed by atoms with Crippen LogP contribution in [0.4, 0.5) is 4.39 Å². The van der Waals surface area contributed by atoms with Crippen LogP contribution in [-0.4, -0.2) is 156 Å². The number of ether oxygens (including phenoxy) is 7. The van der Waals surface area contributed by atoms with Crippen LogP contribution < -0.4 is 55.0 Å². The third-order valence-electron chi connectivity index (χ3n) is 14.3. The van der Waals surface area contributed by atoms with Crippen LogP contribution in [0.15, 0.2) is 72.8 Å². The van der Waals surface area contributed by atoms with Crippen LogP contribution in [0.3, 0.4) is 0 Å². The molecular formula is C68H96ArB2Cl3FN9O15. The summed E-state index contributed by atoms with van der Waals surface area (Å²) in [6.45, 7) is 17.5. The second-order valence-electron chi connectivity index (χ2n) is 20.3. The molecule has 9 N–H and O–H groups in total. The molecule has 1 aliphatic heterocycles. The number of aryl methyl sites for hydroxylation is 6. The van der Waals surface area contributed by atoms with E-state index in [0.717, 1.165) is 88.1 Å². The molecule has 0 spiro atoms. The predicted molar refractivity (Wildman–Crippen MR) is 385 cm³/mol. The third-order valence-corrected chi connectivity index (χ3v) is 15.2. The number of nitrogens with two attached hydrogens (primary N) is 1. The Labute approximate surface area is 628 Å². The second kappa shape index (κ2) is 48.8. The van der Waals surface area contributed by atoms with Gasteiger partial charge in [-0.25, -0.2) is 34.3 Å². The number of amides is 2. The van der Waals surface area contributed by atoms with Crippen molar-refractivity contribution in [2.45, 2.75) is 146 Å². The topological polar surface area (TPSA) is 344 Å². The summed E-state index contributed by atoms with van der Waals surface area (Å²) in [6.07, 6.45) is 6.09. The molecule has 24 nitrogen and oxygen atoms in total. The molecule has 0 saturated carbocycles. The molecule has 0 bridgehead atoms. The van der Waals surface area contributed by atoms with Gasteiger partial charge in [-0.15, -0.1) is 0 Å². The molecule has 2 amide bonds. The molecule has 1 radical (unpaired) electrons. The molecular weight excluding hydrogens is 1370 g/mol. The van der Waals surface area contributed by atoms with Crippen LogP contribution in [0.2, 0.25) is 15.5 Å². The maximum Gasteiger partial charge on any atom is 0.492 e. The Kier molecular flexibility index (Phi) is 45.4. The van der Waals surface area contributed by atoms with Crippen molar-refractivity contribution in [1.82, 2.24) is 40.5 Å². The van der Waals surface area contributed by atoms with Crippen LogP contribution in [0, 0.1) is 43.6 Å². The summed E-state index contributed by atoms with van der Waals surface area (Å²) in [6, 6.07) is 19.1. The van der Waals surface area contributed by atoms with Crippen molar-refractivity contribution < 1.29 is 116 Å². The summed E-state index contributed by atoms with van der Waals surface area (Å²) in [5, 5.41) is 46.7. The summed E-state index contributed by atoms with van der Waals surface area (Å²) in [5.41, 5.74) is 14.6. The van der Waals surface area contributed by atoms with E-state index in [1.54, 1.807) is 66.7 Å². The molecule has 1 fully saturated rings. The minimum absolute atomic E-state index is 0. The van der Waals surface area contributed by atoms with Crippen LogP contribution >= 0.6 is 34.8 Å². The number of halogens is 4. The molecule has 0 aliphatic carbocycles. The van der Waals surface area contributed by atoms with Crippen molar-refractivity contribution in [3.8, 4) is 74.0 Å². The number of carbonyl (C=O) groups is 3. The van der Waals surface area contributed by atoms with Gasteiger partial charge >= 0.3 is 20.8 Å². The average Bonchev–Trinajstić information content (AvgIpc) is 0.782. The van der Waals surface area contributed by atoms with Crippen LogP contribution in [0.25, 0.3) is 33.8 Å². The van der Waals surface area contributed by atoms with Gasteiger partial charge in [0, 0.05) is 79.5 Å². The normalized spacial score (nSPS) is 12.5. The molecule has 4 heterocycles. The summed E-state index contributed by atoms with van der Waals surface area (Å²) in [5.74, 6) is 2.98. The average molecular weight is 1470 g/mol. The largest absolute Gasteiger partial charge is 0.497 e. The summed E-state index contributed by atoms with van der Waals surface area (Å²) in [4.78, 5) is 59.5. The Morgan fingerprint density at radius 1 is 0.525 bits per heavy atom. The first-order chi connectivity index (χ1) is 46.3. The van der Waals surface area contributed by atoms with E-state index >= 15 is 0 Å². The minimum Gasteiger partial charge on any atom is -0.497 e. The number of rotatable bonds is 21. The van der Waals surface area contributed by atoms with E-state index in [4.69, 9.17) is 109 Å². The number of aromatic nitrogens is 6. The number of carbonyl (C=O) groups excluding carboxylic acids is 2. The summed E-state index contributed by atoms with van der Waals surface area (Å²) in [7, 11) is 9.52. The zero-order valence-corrected chi connectivity index (χ0v) is 61.1. The van der Waals surface area contributed by atoms with E-state index in [-0.39, 0.29) is 84.0 Å². The Hall–Kier alpha value is -6.88. The van der Waals surface area contributed by atoms with Gasteiger partial charge in [0.2, 0.25) is 11.8 Å². The zero-order valence-electron chi connectivity index (χ0n) is 58.1. The van der Waals surface area contributed by atoms with E-state index in [1.807, 2.05) is 91.8 Å². The van der Waals surface area contributed by atoms with Crippen molar-refractivity contribution in [1.29, 1.82) is 0 Å². The fourth-order valence-corrected chi connectivity index (χ4v) is 9.65. The van der Waals surface area contributed by atoms with Gasteiger partial charge < -0.3 is 74.7 Å². The van der Waals surface area contributed by atoms with Crippen LogP contribution in [-0.2, 0) is 52.9 Å². The van der Waals surface area contributed by atoms with Crippen molar-refractivity contribution in [2.75, 3.05) is 49.8 Å². The van der Waals surface area contributed by atoms with E-state index in [9.17, 15) is 18.8 Å². The van der Waals surface area contributed by atoms with Crippen LogP contribution in [0.1, 0.15) is 125 Å². The number of benzene rings is 4. The monoisotopic (exact) mass is 1460 g/mol. The number of piperazine rings is 1. The molecule has 99 heavy (non-hydrogen) atoms. The van der Waals surface area contributed by atoms with Crippen molar-refractivity contribution in [3.05, 3.63) is 128 Å². The Morgan fingerprint density at radius 3 is 1.16 bits per heavy atom. The van der Waals surface area contributed by atoms with Gasteiger partial charge in [-0.1, -0.05) is 111 Å². The second-order valence-corrected chi connectivity index (χ2v) is 21.3. The van der Waals surface area contributed by atoms with Gasteiger partial charge in [0.25, 0.3) is 0 Å². The number of nitrogens with one attached hydrogen (secondary N) is 2. The van der Waals surface area contributed by atoms with Gasteiger partial charge in [-0.05, 0) is 106 Å². The minimum atomic E-state index is -1.53. The summed E-state index contributed by atoms with van der Waals surface area (Å²) < 4.78 is 50.9. The Morgan fingerprint density at radius 2 is 0.848 bits per heavy atom. The standard InChI is InChI=1S/C23H25FN2O3.C16H19ClN2O2.C8H11BO4.C8H10Cl2N2.C8H14N2O2.C4H9NO2.CH4.Ar.BH2O2.H2/c1-6-18-22(16-10-9-15(27-3)13-21(16)29-5)25-19(7-2)23(26-18)17-12-14(24)8-11-20(17)28-4;1-5-12-15(18-13(6-2)16(17)19-12)11-8-7-10(20-3)9-14(11)21-4;1-12-6-3-4-7(9(10)11)8(5-6)13-2;1-3-5-7(9)12-6(4-2)8(10)11-5;1-3-5-7(11)10-6(4-2)8(12)9-5;1-2-3(5)4(6)7;;;2-1-3;/h8-13H,6-7H2,1-5H3;7-9H,5-6H2,1-4H3;3-5,10-11H,1-2H3;3-4H2,1-2H3;5-6H,3-4H2,1-2H3,(H,9,12)(H,10,11);3H,2,5H2,1H3,(H,6,7);1H4;;2-3H;1H. The third kappa shape index (κ3) is 27.9. The summed E-state index contributed by atoms with van der Waals surface area (Å²) >= 11 is 17.9. The SMILES string of the molecule is C.CCC(N)C(=O)O.CCC1NC(=O)C(CC)NC1=O.CCc1nc(-c2cc(F)ccc2OC)c(CC)nc1-c1ccc(OC)cc1OC.CCc1nc(-c2ccc(OC)cc2OC)c(CC)nc1Cl.CCc1nc(Cl)c(CC)nc1Cl.COc1ccc(B(O)O)c(OC)c1.O[B]O.[Ar].[HH]. The molecule has 31 heteroatoms. The quantitative estimate of drug-likeness (QED) is 0.0310. The maximum absolute atomic E-state index is 14.0. The van der Waals surface area contributed by atoms with Crippen molar-refractivity contribution in [2.24, 2.45) is 5.73 Å². The number of hydrogen-bond donors (Lipinski definition) is 8. The molecule has 8 rings (SSSR count). The number of methoxy groups -OCH3 is 7. The van der Waals surface area contributed by atoms with E-state index < -0.39 is 19.1 Å². The van der Waals surface area contributed by atoms with E-state index in [1.165, 1.54) is 26.4 Å². The molecule has 545 valence electrons. The van der Waals surface area contributed by atoms with Gasteiger partial charge in [-0.2, -0.15) is 0 Å². The molecule has 1 saturated heterocycles. The molecule has 1 aliphatic rings. The Balaban J connectivity index is 0. The predicted octanol–water partition coefficient (Wildman–Crippen LogP) is 10.3. The van der Waals surface area contributed by atoms with Crippen LogP contribution in [0.5, 0.6) is 40.2 Å². The van der Waals surface area contributed by atoms with Crippen molar-refractivity contribution in [3.63, 3.8) is 0 Å².